The highest BCUT2D eigenvalue weighted by Gasteiger charge is 2.33. The van der Waals surface area contributed by atoms with Crippen LogP contribution in [0, 0.1) is 11.8 Å². The van der Waals surface area contributed by atoms with Crippen LogP contribution in [0.25, 0.3) is 0 Å². The van der Waals surface area contributed by atoms with Gasteiger partial charge in [0.15, 0.2) is 12.6 Å². The Hall–Kier alpha value is -1.40. The maximum Gasteiger partial charge on any atom is 0.311 e. The van der Waals surface area contributed by atoms with E-state index in [1.165, 1.54) is 69.8 Å². The minimum atomic E-state index is -0.469. The molecule has 6 nitrogen and oxygen atoms in total. The first-order chi connectivity index (χ1) is 20.9. The molecule has 3 rings (SSSR count). The number of esters is 2. The highest BCUT2D eigenvalue weighted by atomic mass is 16.7. The second-order valence-corrected chi connectivity index (χ2v) is 13.6. The Kier molecular flexibility index (Phi) is 17.9. The van der Waals surface area contributed by atoms with Gasteiger partial charge >= 0.3 is 11.9 Å². The Labute approximate surface area is 263 Å². The molecule has 0 bridgehead atoms. The van der Waals surface area contributed by atoms with Crippen molar-refractivity contribution in [2.75, 3.05) is 0 Å². The van der Waals surface area contributed by atoms with Crippen molar-refractivity contribution in [3.05, 3.63) is 11.6 Å². The lowest BCUT2D eigenvalue weighted by molar-refractivity contribution is -0.193. The Morgan fingerprint density at radius 3 is 1.98 bits per heavy atom. The van der Waals surface area contributed by atoms with Gasteiger partial charge < -0.3 is 18.9 Å². The van der Waals surface area contributed by atoms with E-state index in [-0.39, 0.29) is 30.1 Å². The summed E-state index contributed by atoms with van der Waals surface area (Å²) in [7, 11) is 0. The Morgan fingerprint density at radius 1 is 0.744 bits per heavy atom. The SMILES string of the molecule is CCCCCCC1=CCC(CCCCCCCC(=O)OC(C)OC2CCCCC2)C(C(=O)OC(C)OC2CCCCC2)C1. The number of hydrogen-bond acceptors (Lipinski definition) is 6. The fourth-order valence-corrected chi connectivity index (χ4v) is 7.29. The van der Waals surface area contributed by atoms with Crippen molar-refractivity contribution >= 4 is 11.9 Å². The summed E-state index contributed by atoms with van der Waals surface area (Å²) in [5.74, 6) is 0.0732. The van der Waals surface area contributed by atoms with Crippen molar-refractivity contribution in [2.24, 2.45) is 11.8 Å². The molecule has 4 atom stereocenters. The molecule has 0 spiro atoms. The topological polar surface area (TPSA) is 71.1 Å². The fraction of sp³-hybridized carbons (Fsp3) is 0.892. The number of rotatable bonds is 20. The summed E-state index contributed by atoms with van der Waals surface area (Å²) < 4.78 is 23.4. The minimum absolute atomic E-state index is 0.0591. The van der Waals surface area contributed by atoms with Crippen LogP contribution in [0.4, 0.5) is 0 Å². The normalized spacial score (nSPS) is 23.4. The van der Waals surface area contributed by atoms with Crippen LogP contribution in [0.3, 0.4) is 0 Å². The molecular weight excluding hydrogens is 540 g/mol. The first kappa shape index (κ1) is 36.1. The van der Waals surface area contributed by atoms with Gasteiger partial charge in [0.05, 0.1) is 18.1 Å². The molecule has 0 amide bonds. The smallest absolute Gasteiger partial charge is 0.311 e. The molecule has 0 N–H and O–H groups in total. The van der Waals surface area contributed by atoms with Crippen molar-refractivity contribution < 1.29 is 28.5 Å². The van der Waals surface area contributed by atoms with E-state index in [2.05, 4.69) is 13.0 Å². The molecule has 0 saturated heterocycles. The summed E-state index contributed by atoms with van der Waals surface area (Å²) in [4.78, 5) is 25.7. The second-order valence-electron chi connectivity index (χ2n) is 13.6. The predicted octanol–water partition coefficient (Wildman–Crippen LogP) is 10.1. The van der Waals surface area contributed by atoms with Gasteiger partial charge in [-0.2, -0.15) is 0 Å². The van der Waals surface area contributed by atoms with E-state index in [1.807, 2.05) is 13.8 Å². The lowest BCUT2D eigenvalue weighted by atomic mass is 9.76. The minimum Gasteiger partial charge on any atom is -0.436 e. The average molecular weight is 605 g/mol. The summed E-state index contributed by atoms with van der Waals surface area (Å²) in [6.45, 7) is 5.98. The molecule has 3 aliphatic rings. The molecule has 3 aliphatic carbocycles. The predicted molar refractivity (Wildman–Crippen MR) is 172 cm³/mol. The number of hydrogen-bond donors (Lipinski definition) is 0. The van der Waals surface area contributed by atoms with Crippen LogP contribution >= 0.6 is 0 Å². The highest BCUT2D eigenvalue weighted by Crippen LogP contribution is 2.37. The van der Waals surface area contributed by atoms with E-state index in [9.17, 15) is 9.59 Å². The van der Waals surface area contributed by atoms with E-state index in [4.69, 9.17) is 18.9 Å². The first-order valence-electron chi connectivity index (χ1n) is 18.3. The van der Waals surface area contributed by atoms with Gasteiger partial charge in [-0.1, -0.05) is 102 Å². The van der Waals surface area contributed by atoms with Crippen molar-refractivity contribution in [1.29, 1.82) is 0 Å². The Morgan fingerprint density at radius 2 is 1.33 bits per heavy atom. The molecule has 0 heterocycles. The third-order valence-corrected chi connectivity index (χ3v) is 9.82. The van der Waals surface area contributed by atoms with Gasteiger partial charge in [0.1, 0.15) is 0 Å². The van der Waals surface area contributed by atoms with Crippen molar-refractivity contribution in [3.8, 4) is 0 Å². The largest absolute Gasteiger partial charge is 0.436 e. The maximum atomic E-state index is 13.4. The zero-order valence-electron chi connectivity index (χ0n) is 28.0. The molecule has 2 fully saturated rings. The molecule has 0 aromatic carbocycles. The fourth-order valence-electron chi connectivity index (χ4n) is 7.29. The number of allylic oxidation sites excluding steroid dienone is 2. The molecule has 2 saturated carbocycles. The summed E-state index contributed by atoms with van der Waals surface area (Å²) in [5, 5.41) is 0. The van der Waals surface area contributed by atoms with Crippen molar-refractivity contribution in [2.45, 2.75) is 200 Å². The first-order valence-corrected chi connectivity index (χ1v) is 18.3. The second kappa shape index (κ2) is 21.4. The molecular formula is C37H64O6. The van der Waals surface area contributed by atoms with Gasteiger partial charge in [0, 0.05) is 6.42 Å². The number of carbonyl (C=O) groups excluding carboxylic acids is 2. The Bertz CT molecular complexity index is 797. The van der Waals surface area contributed by atoms with E-state index in [1.54, 1.807) is 0 Å². The van der Waals surface area contributed by atoms with Crippen LogP contribution < -0.4 is 0 Å². The van der Waals surface area contributed by atoms with E-state index >= 15 is 0 Å². The zero-order chi connectivity index (χ0) is 30.7. The summed E-state index contributed by atoms with van der Waals surface area (Å²) in [6.07, 6.45) is 28.4. The van der Waals surface area contributed by atoms with Crippen LogP contribution in [0.15, 0.2) is 11.6 Å². The van der Waals surface area contributed by atoms with Crippen molar-refractivity contribution in [1.82, 2.24) is 0 Å². The molecule has 0 aromatic heterocycles. The van der Waals surface area contributed by atoms with E-state index < -0.39 is 12.6 Å². The molecule has 0 radical (unpaired) electrons. The molecule has 4 unspecified atom stereocenters. The maximum absolute atomic E-state index is 13.4. The number of carbonyl (C=O) groups is 2. The molecule has 43 heavy (non-hydrogen) atoms. The van der Waals surface area contributed by atoms with Crippen LogP contribution in [0.5, 0.6) is 0 Å². The third-order valence-electron chi connectivity index (χ3n) is 9.82. The van der Waals surface area contributed by atoms with Gasteiger partial charge in [0.25, 0.3) is 0 Å². The molecule has 0 aromatic rings. The van der Waals surface area contributed by atoms with Gasteiger partial charge in [-0.15, -0.1) is 0 Å². The average Bonchev–Trinajstić information content (AvgIpc) is 3.00. The monoisotopic (exact) mass is 604 g/mol. The zero-order valence-corrected chi connectivity index (χ0v) is 28.0. The van der Waals surface area contributed by atoms with Crippen LogP contribution in [0.2, 0.25) is 0 Å². The molecule has 6 heteroatoms. The Balaban J connectivity index is 1.34. The lowest BCUT2D eigenvalue weighted by Gasteiger charge is -2.32. The van der Waals surface area contributed by atoms with Gasteiger partial charge in [-0.3, -0.25) is 9.59 Å². The van der Waals surface area contributed by atoms with Crippen molar-refractivity contribution in [3.63, 3.8) is 0 Å². The molecule has 0 aliphatic heterocycles. The van der Waals surface area contributed by atoms with E-state index in [0.29, 0.717) is 12.3 Å². The van der Waals surface area contributed by atoms with Crippen LogP contribution in [-0.2, 0) is 28.5 Å². The summed E-state index contributed by atoms with van der Waals surface area (Å²) >= 11 is 0. The standard InChI is InChI=1S/C37H64O6/c1-4-5-6-12-19-31-26-27-32(35(28-31)37(39)43-30(3)41-34-23-16-11-17-24-34)20-13-8-7-9-18-25-36(38)42-29(2)40-33-21-14-10-15-22-33/h26,29-30,32-35H,4-25,27-28H2,1-3H3. The van der Waals surface area contributed by atoms with Gasteiger partial charge in [0.2, 0.25) is 0 Å². The quantitative estimate of drug-likeness (QED) is 0.0596. The van der Waals surface area contributed by atoms with Gasteiger partial charge in [-0.25, -0.2) is 0 Å². The van der Waals surface area contributed by atoms with Gasteiger partial charge in [-0.05, 0) is 84.0 Å². The number of ether oxygens (including phenoxy) is 4. The molecule has 248 valence electrons. The third kappa shape index (κ3) is 15.0. The summed E-state index contributed by atoms with van der Waals surface area (Å²) in [6, 6.07) is 0. The number of unbranched alkanes of at least 4 members (excludes halogenated alkanes) is 7. The summed E-state index contributed by atoms with van der Waals surface area (Å²) in [5.41, 5.74) is 1.44. The van der Waals surface area contributed by atoms with Crippen LogP contribution in [0.1, 0.15) is 175 Å². The van der Waals surface area contributed by atoms with Crippen LogP contribution in [-0.4, -0.2) is 36.7 Å². The van der Waals surface area contributed by atoms with E-state index in [0.717, 1.165) is 83.5 Å². The highest BCUT2D eigenvalue weighted by molar-refractivity contribution is 5.73. The lowest BCUT2D eigenvalue weighted by Crippen LogP contribution is -2.33.